The number of rotatable bonds is 3. The van der Waals surface area contributed by atoms with Gasteiger partial charge in [0, 0.05) is 21.5 Å². The van der Waals surface area contributed by atoms with Crippen LogP contribution in [0.4, 0.5) is 5.69 Å². The molecule has 0 amide bonds. The molecule has 1 fully saturated rings. The molecule has 4 nitrogen and oxygen atoms in total. The molecule has 0 bridgehead atoms. The van der Waals surface area contributed by atoms with E-state index >= 15 is 0 Å². The molecule has 2 heterocycles. The van der Waals surface area contributed by atoms with E-state index in [1.165, 1.54) is 11.1 Å². The monoisotopic (exact) mass is 454 g/mol. The van der Waals surface area contributed by atoms with Gasteiger partial charge in [0.25, 0.3) is 0 Å². The third-order valence-electron chi connectivity index (χ3n) is 5.25. The molecule has 0 aromatic heterocycles. The number of aliphatic imine (C=N–C) groups is 1. The highest BCUT2D eigenvalue weighted by Crippen LogP contribution is 2.37. The van der Waals surface area contributed by atoms with Gasteiger partial charge in [-0.2, -0.15) is 0 Å². The maximum absolute atomic E-state index is 12.2. The molecule has 2 aliphatic heterocycles. The summed E-state index contributed by atoms with van der Waals surface area (Å²) in [5, 5.41) is 2.08. The summed E-state index contributed by atoms with van der Waals surface area (Å²) in [6.07, 6.45) is 0. The predicted molar refractivity (Wildman–Crippen MR) is 120 cm³/mol. The van der Waals surface area contributed by atoms with Crippen LogP contribution in [-0.2, 0) is 15.6 Å². The van der Waals surface area contributed by atoms with Crippen molar-refractivity contribution in [1.82, 2.24) is 0 Å². The minimum absolute atomic E-state index is 0.116. The van der Waals surface area contributed by atoms with Crippen LogP contribution in [0.25, 0.3) is 0 Å². The molecular formula is C20H20Cl2N2O2S2. The number of benzene rings is 2. The fourth-order valence-electron chi connectivity index (χ4n) is 3.59. The van der Waals surface area contributed by atoms with Gasteiger partial charge in [0.2, 0.25) is 0 Å². The van der Waals surface area contributed by atoms with E-state index in [9.17, 15) is 8.42 Å². The molecule has 2 aliphatic rings. The first-order valence-corrected chi connectivity index (χ1v) is 12.5. The summed E-state index contributed by atoms with van der Waals surface area (Å²) in [6, 6.07) is 11.3. The summed E-state index contributed by atoms with van der Waals surface area (Å²) in [5.41, 5.74) is 4.34. The Morgan fingerprint density at radius 1 is 1.11 bits per heavy atom. The van der Waals surface area contributed by atoms with Gasteiger partial charge in [-0.3, -0.25) is 4.99 Å². The number of halogens is 2. The van der Waals surface area contributed by atoms with Crippen LogP contribution < -0.4 is 4.90 Å². The Morgan fingerprint density at radius 2 is 1.89 bits per heavy atom. The quantitative estimate of drug-likeness (QED) is 0.662. The third kappa shape index (κ3) is 3.92. The maximum Gasteiger partial charge on any atom is 0.164 e. The number of fused-ring (bicyclic) bond motifs is 1. The number of amidine groups is 1. The average molecular weight is 455 g/mol. The zero-order chi connectivity index (χ0) is 20.1. The Morgan fingerprint density at radius 3 is 2.61 bits per heavy atom. The van der Waals surface area contributed by atoms with Crippen LogP contribution in [0.1, 0.15) is 16.7 Å². The minimum Gasteiger partial charge on any atom is -0.315 e. The van der Waals surface area contributed by atoms with Crippen LogP contribution in [0, 0.1) is 13.8 Å². The van der Waals surface area contributed by atoms with E-state index < -0.39 is 9.84 Å². The van der Waals surface area contributed by atoms with Gasteiger partial charge in [-0.25, -0.2) is 8.42 Å². The Balaban J connectivity index is 1.64. The van der Waals surface area contributed by atoms with E-state index in [0.29, 0.717) is 15.8 Å². The number of sulfone groups is 1. The van der Waals surface area contributed by atoms with Gasteiger partial charge in [-0.1, -0.05) is 47.1 Å². The van der Waals surface area contributed by atoms with E-state index in [4.69, 9.17) is 28.2 Å². The summed E-state index contributed by atoms with van der Waals surface area (Å²) in [6.45, 7) is 4.13. The molecule has 2 aromatic rings. The van der Waals surface area contributed by atoms with Crippen LogP contribution in [0.5, 0.6) is 0 Å². The second-order valence-electron chi connectivity index (χ2n) is 7.29. The van der Waals surface area contributed by atoms with E-state index in [2.05, 4.69) is 30.9 Å². The van der Waals surface area contributed by atoms with Gasteiger partial charge < -0.3 is 4.90 Å². The normalized spacial score (nSPS) is 23.0. The molecule has 28 heavy (non-hydrogen) atoms. The molecule has 4 rings (SSSR count). The highest BCUT2D eigenvalue weighted by molar-refractivity contribution is 8.13. The molecule has 0 unspecified atom stereocenters. The first kappa shape index (κ1) is 20.1. The average Bonchev–Trinajstić information content (AvgIpc) is 3.08. The standard InChI is InChI=1S/C20H20Cl2N2O2S2/c1-12-3-6-16(7-13(12)2)24-19-11-28(25,26)10-18(19)23-20(24)27-9-14-4-5-15(21)8-17(14)22/h3-8,18-19H,9-11H2,1-2H3/t18-,19-/m0/s1. The largest absolute Gasteiger partial charge is 0.315 e. The van der Waals surface area contributed by atoms with Crippen LogP contribution in [0.3, 0.4) is 0 Å². The maximum atomic E-state index is 12.2. The Bertz CT molecular complexity index is 1070. The molecule has 1 saturated heterocycles. The molecule has 0 N–H and O–H groups in total. The summed E-state index contributed by atoms with van der Waals surface area (Å²) in [5.74, 6) is 0.896. The van der Waals surface area contributed by atoms with Crippen molar-refractivity contribution in [3.63, 3.8) is 0 Å². The van der Waals surface area contributed by atoms with Gasteiger partial charge in [0.1, 0.15) is 0 Å². The zero-order valence-corrected chi connectivity index (χ0v) is 18.7. The fourth-order valence-corrected chi connectivity index (χ4v) is 7.12. The number of hydrogen-bond donors (Lipinski definition) is 0. The number of hydrogen-bond acceptors (Lipinski definition) is 5. The van der Waals surface area contributed by atoms with Crippen molar-refractivity contribution in [2.45, 2.75) is 31.7 Å². The topological polar surface area (TPSA) is 49.7 Å². The smallest absolute Gasteiger partial charge is 0.164 e. The Labute approximate surface area is 179 Å². The van der Waals surface area contributed by atoms with Crippen molar-refractivity contribution in [3.05, 3.63) is 63.1 Å². The summed E-state index contributed by atoms with van der Waals surface area (Å²) in [4.78, 5) is 6.87. The summed E-state index contributed by atoms with van der Waals surface area (Å²) >= 11 is 13.9. The van der Waals surface area contributed by atoms with Crippen molar-refractivity contribution < 1.29 is 8.42 Å². The van der Waals surface area contributed by atoms with E-state index in [1.54, 1.807) is 17.8 Å². The minimum atomic E-state index is -3.06. The van der Waals surface area contributed by atoms with Gasteiger partial charge in [-0.15, -0.1) is 0 Å². The first-order valence-electron chi connectivity index (χ1n) is 8.95. The highest BCUT2D eigenvalue weighted by Gasteiger charge is 2.47. The van der Waals surface area contributed by atoms with Crippen molar-refractivity contribution in [2.75, 3.05) is 16.4 Å². The van der Waals surface area contributed by atoms with E-state index in [0.717, 1.165) is 16.4 Å². The lowest BCUT2D eigenvalue weighted by atomic mass is 10.1. The number of aryl methyl sites for hydroxylation is 2. The predicted octanol–water partition coefficient (Wildman–Crippen LogP) is 4.89. The molecule has 0 radical (unpaired) electrons. The van der Waals surface area contributed by atoms with Crippen LogP contribution in [0.2, 0.25) is 10.0 Å². The number of nitrogens with zero attached hydrogens (tertiary/aromatic N) is 2. The lowest BCUT2D eigenvalue weighted by Gasteiger charge is -2.27. The van der Waals surface area contributed by atoms with Gasteiger partial charge in [0.15, 0.2) is 15.0 Å². The molecule has 0 saturated carbocycles. The highest BCUT2D eigenvalue weighted by atomic mass is 35.5. The summed E-state index contributed by atoms with van der Waals surface area (Å²) < 4.78 is 24.3. The second kappa shape index (κ2) is 7.56. The van der Waals surface area contributed by atoms with Gasteiger partial charge >= 0.3 is 0 Å². The third-order valence-corrected chi connectivity index (χ3v) is 8.55. The molecule has 2 atom stereocenters. The zero-order valence-electron chi connectivity index (χ0n) is 15.5. The van der Waals surface area contributed by atoms with Crippen LogP contribution >= 0.6 is 35.0 Å². The Kier molecular flexibility index (Phi) is 5.42. The van der Waals surface area contributed by atoms with Gasteiger partial charge in [0.05, 0.1) is 23.6 Å². The van der Waals surface area contributed by atoms with Crippen molar-refractivity contribution in [1.29, 1.82) is 0 Å². The first-order chi connectivity index (χ1) is 13.2. The van der Waals surface area contributed by atoms with E-state index in [-0.39, 0.29) is 23.6 Å². The molecule has 8 heteroatoms. The second-order valence-corrected chi connectivity index (χ2v) is 11.2. The van der Waals surface area contributed by atoms with Crippen LogP contribution in [0.15, 0.2) is 41.4 Å². The van der Waals surface area contributed by atoms with E-state index in [1.807, 2.05) is 18.2 Å². The van der Waals surface area contributed by atoms with Crippen LogP contribution in [-0.4, -0.2) is 37.2 Å². The van der Waals surface area contributed by atoms with Crippen molar-refractivity contribution in [2.24, 2.45) is 4.99 Å². The molecule has 0 spiro atoms. The molecule has 148 valence electrons. The molecular weight excluding hydrogens is 435 g/mol. The molecule has 0 aliphatic carbocycles. The van der Waals surface area contributed by atoms with Crippen molar-refractivity contribution in [3.8, 4) is 0 Å². The van der Waals surface area contributed by atoms with Gasteiger partial charge in [-0.05, 0) is 54.8 Å². The number of thioether (sulfide) groups is 1. The number of anilines is 1. The molecule has 2 aromatic carbocycles. The Hall–Kier alpha value is -1.21. The SMILES string of the molecule is Cc1ccc(N2C(SCc3ccc(Cl)cc3Cl)=N[C@H]3CS(=O)(=O)C[C@@H]32)cc1C. The lowest BCUT2D eigenvalue weighted by Crippen LogP contribution is -2.39. The lowest BCUT2D eigenvalue weighted by molar-refractivity contribution is 0.601. The summed E-state index contributed by atoms with van der Waals surface area (Å²) in [7, 11) is -3.06. The fraction of sp³-hybridized carbons (Fsp3) is 0.350. The van der Waals surface area contributed by atoms with Crippen molar-refractivity contribution >= 4 is 55.7 Å².